The molecule has 2 fully saturated rings. The Labute approximate surface area is 155 Å². The zero-order valence-electron chi connectivity index (χ0n) is 15.5. The third-order valence-electron chi connectivity index (χ3n) is 5.35. The molecule has 0 aliphatic carbocycles. The zero-order chi connectivity index (χ0) is 18.2. The normalized spacial score (nSPS) is 20.9. The molecule has 0 spiro atoms. The minimum absolute atomic E-state index is 0.00652. The number of nitrogens with one attached hydrogen (secondary N) is 2. The van der Waals surface area contributed by atoms with Gasteiger partial charge in [-0.25, -0.2) is 0 Å². The van der Waals surface area contributed by atoms with Gasteiger partial charge < -0.3 is 15.5 Å². The molecule has 142 valence electrons. The molecule has 1 unspecified atom stereocenters. The van der Waals surface area contributed by atoms with Crippen LogP contribution < -0.4 is 10.6 Å². The first-order valence-electron chi connectivity index (χ1n) is 9.72. The predicted molar refractivity (Wildman–Crippen MR) is 102 cm³/mol. The third-order valence-corrected chi connectivity index (χ3v) is 5.35. The smallest absolute Gasteiger partial charge is 0.242 e. The minimum Gasteiger partial charge on any atom is -0.347 e. The van der Waals surface area contributed by atoms with Crippen molar-refractivity contribution in [2.24, 2.45) is 5.92 Å². The van der Waals surface area contributed by atoms with E-state index >= 15 is 0 Å². The molecule has 2 saturated heterocycles. The molecule has 0 radical (unpaired) electrons. The number of amides is 2. The van der Waals surface area contributed by atoms with Gasteiger partial charge in [-0.15, -0.1) is 0 Å². The number of rotatable bonds is 7. The molecule has 0 bridgehead atoms. The highest BCUT2D eigenvalue weighted by molar-refractivity contribution is 5.84. The van der Waals surface area contributed by atoms with Crippen LogP contribution in [0.5, 0.6) is 0 Å². The fourth-order valence-corrected chi connectivity index (χ4v) is 3.67. The summed E-state index contributed by atoms with van der Waals surface area (Å²) in [6.07, 6.45) is 2.58. The van der Waals surface area contributed by atoms with Crippen LogP contribution in [-0.4, -0.2) is 67.4 Å². The molecule has 1 aromatic rings. The molecule has 0 aromatic heterocycles. The quantitative estimate of drug-likeness (QED) is 0.758. The van der Waals surface area contributed by atoms with Crippen molar-refractivity contribution in [3.63, 3.8) is 0 Å². The number of benzene rings is 1. The molecule has 2 aliphatic rings. The lowest BCUT2D eigenvalue weighted by Gasteiger charge is -2.34. The highest BCUT2D eigenvalue weighted by Gasteiger charge is 2.21. The maximum Gasteiger partial charge on any atom is 0.242 e. The van der Waals surface area contributed by atoms with Crippen LogP contribution in [0.15, 0.2) is 30.3 Å². The standard InChI is InChI=1S/C20H30N4O2/c25-19(7-6-17-8-9-21-14-17)22-15-20(26)24-12-10-23(11-13-24)16-18-4-2-1-3-5-18/h1-5,17,21H,6-16H2,(H,22,25). The summed E-state index contributed by atoms with van der Waals surface area (Å²) in [7, 11) is 0. The Morgan fingerprint density at radius 3 is 2.58 bits per heavy atom. The summed E-state index contributed by atoms with van der Waals surface area (Å²) < 4.78 is 0. The second-order valence-corrected chi connectivity index (χ2v) is 7.32. The Balaban J connectivity index is 1.31. The molecule has 1 atom stereocenters. The van der Waals surface area contributed by atoms with Gasteiger partial charge in [-0.3, -0.25) is 14.5 Å². The summed E-state index contributed by atoms with van der Waals surface area (Å²) in [5.41, 5.74) is 1.30. The zero-order valence-corrected chi connectivity index (χ0v) is 15.5. The minimum atomic E-state index is -0.00652. The lowest BCUT2D eigenvalue weighted by atomic mass is 10.0. The van der Waals surface area contributed by atoms with Gasteiger partial charge in [-0.2, -0.15) is 0 Å². The summed E-state index contributed by atoms with van der Waals surface area (Å²) in [5, 5.41) is 6.10. The van der Waals surface area contributed by atoms with Crippen molar-refractivity contribution < 1.29 is 9.59 Å². The van der Waals surface area contributed by atoms with Gasteiger partial charge in [0, 0.05) is 39.1 Å². The predicted octanol–water partition coefficient (Wildman–Crippen LogP) is 0.837. The first-order chi connectivity index (χ1) is 12.7. The monoisotopic (exact) mass is 358 g/mol. The van der Waals surface area contributed by atoms with Crippen molar-refractivity contribution in [1.82, 2.24) is 20.4 Å². The van der Waals surface area contributed by atoms with E-state index in [0.717, 1.165) is 58.7 Å². The van der Waals surface area contributed by atoms with E-state index in [1.807, 2.05) is 11.0 Å². The van der Waals surface area contributed by atoms with Crippen LogP contribution in [0, 0.1) is 5.92 Å². The molecule has 3 rings (SSSR count). The van der Waals surface area contributed by atoms with Gasteiger partial charge in [0.15, 0.2) is 0 Å². The Morgan fingerprint density at radius 2 is 1.88 bits per heavy atom. The van der Waals surface area contributed by atoms with Gasteiger partial charge >= 0.3 is 0 Å². The summed E-state index contributed by atoms with van der Waals surface area (Å²) in [5.74, 6) is 0.627. The Morgan fingerprint density at radius 1 is 1.12 bits per heavy atom. The number of carbonyl (C=O) groups is 2. The molecule has 26 heavy (non-hydrogen) atoms. The van der Waals surface area contributed by atoms with E-state index in [2.05, 4.69) is 39.8 Å². The van der Waals surface area contributed by atoms with Crippen LogP contribution >= 0.6 is 0 Å². The first kappa shape index (κ1) is 18.9. The number of hydrogen-bond acceptors (Lipinski definition) is 4. The van der Waals surface area contributed by atoms with Gasteiger partial charge in [0.1, 0.15) is 0 Å². The van der Waals surface area contributed by atoms with E-state index in [9.17, 15) is 9.59 Å². The average molecular weight is 358 g/mol. The molecule has 0 saturated carbocycles. The summed E-state index contributed by atoms with van der Waals surface area (Å²) in [6, 6.07) is 10.4. The highest BCUT2D eigenvalue weighted by Crippen LogP contribution is 2.14. The third kappa shape index (κ3) is 5.81. The first-order valence-corrected chi connectivity index (χ1v) is 9.72. The molecule has 2 amide bonds. The number of nitrogens with zero attached hydrogens (tertiary/aromatic N) is 2. The van der Waals surface area contributed by atoms with Crippen molar-refractivity contribution in [2.75, 3.05) is 45.8 Å². The van der Waals surface area contributed by atoms with Crippen molar-refractivity contribution in [2.45, 2.75) is 25.8 Å². The van der Waals surface area contributed by atoms with Gasteiger partial charge in [0.25, 0.3) is 0 Å². The maximum atomic E-state index is 12.3. The van der Waals surface area contributed by atoms with Crippen molar-refractivity contribution in [3.05, 3.63) is 35.9 Å². The number of hydrogen-bond donors (Lipinski definition) is 2. The fourth-order valence-electron chi connectivity index (χ4n) is 3.67. The van der Waals surface area contributed by atoms with Gasteiger partial charge in [0.05, 0.1) is 6.54 Å². The van der Waals surface area contributed by atoms with Gasteiger partial charge in [-0.05, 0) is 37.4 Å². The van der Waals surface area contributed by atoms with Crippen LogP contribution in [0.3, 0.4) is 0 Å². The summed E-state index contributed by atoms with van der Waals surface area (Å²) in [4.78, 5) is 28.5. The Bertz CT molecular complexity index is 579. The topological polar surface area (TPSA) is 64.7 Å². The molecule has 1 aromatic carbocycles. The molecular formula is C20H30N4O2. The van der Waals surface area contributed by atoms with E-state index < -0.39 is 0 Å². The van der Waals surface area contributed by atoms with E-state index in [0.29, 0.717) is 12.3 Å². The summed E-state index contributed by atoms with van der Waals surface area (Å²) in [6.45, 7) is 6.34. The van der Waals surface area contributed by atoms with Crippen LogP contribution in [0.1, 0.15) is 24.8 Å². The lowest BCUT2D eigenvalue weighted by molar-refractivity contribution is -0.134. The molecule has 2 N–H and O–H groups in total. The highest BCUT2D eigenvalue weighted by atomic mass is 16.2. The largest absolute Gasteiger partial charge is 0.347 e. The number of piperazine rings is 1. The maximum absolute atomic E-state index is 12.3. The van der Waals surface area contributed by atoms with E-state index in [-0.39, 0.29) is 18.4 Å². The van der Waals surface area contributed by atoms with Crippen molar-refractivity contribution in [3.8, 4) is 0 Å². The van der Waals surface area contributed by atoms with Gasteiger partial charge in [0.2, 0.25) is 11.8 Å². The number of carbonyl (C=O) groups excluding carboxylic acids is 2. The second-order valence-electron chi connectivity index (χ2n) is 7.32. The molecule has 2 aliphatic heterocycles. The van der Waals surface area contributed by atoms with Crippen molar-refractivity contribution in [1.29, 1.82) is 0 Å². The van der Waals surface area contributed by atoms with Crippen molar-refractivity contribution >= 4 is 11.8 Å². The van der Waals surface area contributed by atoms with Crippen LogP contribution in [0.25, 0.3) is 0 Å². The molecule has 6 heteroatoms. The van der Waals surface area contributed by atoms with Gasteiger partial charge in [-0.1, -0.05) is 30.3 Å². The Kier molecular flexibility index (Phi) is 7.03. The van der Waals surface area contributed by atoms with E-state index in [1.54, 1.807) is 0 Å². The van der Waals surface area contributed by atoms with E-state index in [4.69, 9.17) is 0 Å². The van der Waals surface area contributed by atoms with Crippen LogP contribution in [0.2, 0.25) is 0 Å². The van der Waals surface area contributed by atoms with Crippen LogP contribution in [-0.2, 0) is 16.1 Å². The second kappa shape index (κ2) is 9.69. The van der Waals surface area contributed by atoms with E-state index in [1.165, 1.54) is 5.56 Å². The Hall–Kier alpha value is -1.92. The lowest BCUT2D eigenvalue weighted by Crippen LogP contribution is -2.50. The molecule has 6 nitrogen and oxygen atoms in total. The summed E-state index contributed by atoms with van der Waals surface area (Å²) >= 11 is 0. The fraction of sp³-hybridized carbons (Fsp3) is 0.600. The SMILES string of the molecule is O=C(CCC1CCNC1)NCC(=O)N1CCN(Cc2ccccc2)CC1. The molecular weight excluding hydrogens is 328 g/mol. The van der Waals surface area contributed by atoms with Crippen LogP contribution in [0.4, 0.5) is 0 Å². The molecule has 2 heterocycles. The average Bonchev–Trinajstić information content (AvgIpc) is 3.19.